The van der Waals surface area contributed by atoms with E-state index in [0.717, 1.165) is 4.47 Å². The smallest absolute Gasteiger partial charge is 0.324 e. The van der Waals surface area contributed by atoms with Crippen LogP contribution in [0.2, 0.25) is 0 Å². The summed E-state index contributed by atoms with van der Waals surface area (Å²) in [4.78, 5) is 11.6. The van der Waals surface area contributed by atoms with Crippen molar-refractivity contribution in [2.24, 2.45) is 0 Å². The number of aryl methyl sites for hydroxylation is 1. The van der Waals surface area contributed by atoms with Gasteiger partial charge in [0.1, 0.15) is 5.76 Å². The van der Waals surface area contributed by atoms with Crippen LogP contribution in [0.5, 0.6) is 0 Å². The van der Waals surface area contributed by atoms with E-state index in [2.05, 4.69) is 31.7 Å². The van der Waals surface area contributed by atoms with Gasteiger partial charge in [0.15, 0.2) is 5.82 Å². The molecule has 0 radical (unpaired) electrons. The van der Waals surface area contributed by atoms with E-state index in [9.17, 15) is 4.79 Å². The number of nitrogens with one attached hydrogen (secondary N) is 2. The van der Waals surface area contributed by atoms with E-state index in [1.807, 2.05) is 12.1 Å². The SMILES string of the molecule is Cc1cc(NC(=O)Nc2ccc(Br)cc2)no1. The van der Waals surface area contributed by atoms with Gasteiger partial charge in [-0.25, -0.2) is 4.79 Å². The lowest BCUT2D eigenvalue weighted by atomic mass is 10.3. The van der Waals surface area contributed by atoms with Gasteiger partial charge in [-0.3, -0.25) is 5.32 Å². The van der Waals surface area contributed by atoms with E-state index < -0.39 is 0 Å². The molecule has 0 bridgehead atoms. The van der Waals surface area contributed by atoms with Gasteiger partial charge in [-0.2, -0.15) is 0 Å². The van der Waals surface area contributed by atoms with Crippen LogP contribution in [0.1, 0.15) is 5.76 Å². The number of hydrogen-bond donors (Lipinski definition) is 2. The largest absolute Gasteiger partial charge is 0.360 e. The molecule has 5 nitrogen and oxygen atoms in total. The minimum absolute atomic E-state index is 0.361. The molecule has 0 saturated heterocycles. The second kappa shape index (κ2) is 5.01. The molecule has 2 N–H and O–H groups in total. The van der Waals surface area contributed by atoms with E-state index in [4.69, 9.17) is 4.52 Å². The first-order valence-corrected chi connectivity index (χ1v) is 5.70. The van der Waals surface area contributed by atoms with E-state index >= 15 is 0 Å². The Balaban J connectivity index is 1.95. The van der Waals surface area contributed by atoms with Gasteiger partial charge in [0.05, 0.1) is 0 Å². The van der Waals surface area contributed by atoms with Gasteiger partial charge in [-0.05, 0) is 31.2 Å². The summed E-state index contributed by atoms with van der Waals surface area (Å²) in [6.07, 6.45) is 0. The summed E-state index contributed by atoms with van der Waals surface area (Å²) in [6, 6.07) is 8.54. The van der Waals surface area contributed by atoms with Gasteiger partial charge in [0, 0.05) is 16.2 Å². The minimum atomic E-state index is -0.361. The summed E-state index contributed by atoms with van der Waals surface area (Å²) in [6.45, 7) is 1.75. The Morgan fingerprint density at radius 1 is 1.29 bits per heavy atom. The quantitative estimate of drug-likeness (QED) is 0.892. The molecule has 0 aliphatic heterocycles. The predicted octanol–water partition coefficient (Wildman–Crippen LogP) is 3.39. The highest BCUT2D eigenvalue weighted by Gasteiger charge is 2.05. The van der Waals surface area contributed by atoms with E-state index in [1.165, 1.54) is 0 Å². The Bertz CT molecular complexity index is 522. The molecule has 2 aromatic rings. The number of amides is 2. The Labute approximate surface area is 106 Å². The second-order valence-corrected chi connectivity index (χ2v) is 4.32. The summed E-state index contributed by atoms with van der Waals surface area (Å²) in [5, 5.41) is 8.89. The lowest BCUT2D eigenvalue weighted by Crippen LogP contribution is -2.19. The summed E-state index contributed by atoms with van der Waals surface area (Å²) in [5.74, 6) is 1.03. The number of urea groups is 1. The highest BCUT2D eigenvalue weighted by atomic mass is 79.9. The first kappa shape index (κ1) is 11.7. The summed E-state index contributed by atoms with van der Waals surface area (Å²) in [5.41, 5.74) is 0.700. The van der Waals surface area contributed by atoms with Crippen LogP contribution in [0.15, 0.2) is 39.3 Å². The molecule has 6 heteroatoms. The summed E-state index contributed by atoms with van der Waals surface area (Å²) in [7, 11) is 0. The van der Waals surface area contributed by atoms with Gasteiger partial charge >= 0.3 is 6.03 Å². The van der Waals surface area contributed by atoms with Crippen molar-refractivity contribution in [2.45, 2.75) is 6.92 Å². The van der Waals surface area contributed by atoms with Crippen molar-refractivity contribution in [3.05, 3.63) is 40.6 Å². The highest BCUT2D eigenvalue weighted by Crippen LogP contribution is 2.14. The van der Waals surface area contributed by atoms with Gasteiger partial charge < -0.3 is 9.84 Å². The molecule has 0 spiro atoms. The molecule has 88 valence electrons. The fourth-order valence-electron chi connectivity index (χ4n) is 1.24. The number of carbonyl (C=O) groups is 1. The van der Waals surface area contributed by atoms with Gasteiger partial charge in [0.25, 0.3) is 0 Å². The molecule has 0 fully saturated rings. The molecule has 2 rings (SSSR count). The van der Waals surface area contributed by atoms with Crippen LogP contribution in [0.25, 0.3) is 0 Å². The highest BCUT2D eigenvalue weighted by molar-refractivity contribution is 9.10. The third-order valence-corrected chi connectivity index (χ3v) is 2.50. The zero-order valence-electron chi connectivity index (χ0n) is 9.03. The van der Waals surface area contributed by atoms with Crippen molar-refractivity contribution in [2.75, 3.05) is 10.6 Å². The molecular formula is C11H10BrN3O2. The predicted molar refractivity (Wildman–Crippen MR) is 68.0 cm³/mol. The van der Waals surface area contributed by atoms with Crippen molar-refractivity contribution < 1.29 is 9.32 Å². The minimum Gasteiger partial charge on any atom is -0.360 e. The van der Waals surface area contributed by atoms with E-state index in [1.54, 1.807) is 25.1 Å². The number of aromatic nitrogens is 1. The van der Waals surface area contributed by atoms with E-state index in [-0.39, 0.29) is 6.03 Å². The number of rotatable bonds is 2. The van der Waals surface area contributed by atoms with Gasteiger partial charge in [0.2, 0.25) is 0 Å². The molecule has 2 amide bonds. The van der Waals surface area contributed by atoms with Crippen molar-refractivity contribution in [3.8, 4) is 0 Å². The van der Waals surface area contributed by atoms with E-state index in [0.29, 0.717) is 17.3 Å². The number of nitrogens with zero attached hydrogens (tertiary/aromatic N) is 1. The first-order chi connectivity index (χ1) is 8.13. The maximum absolute atomic E-state index is 11.6. The molecule has 17 heavy (non-hydrogen) atoms. The Kier molecular flexibility index (Phi) is 3.43. The van der Waals surface area contributed by atoms with Crippen molar-refractivity contribution in [1.29, 1.82) is 0 Å². The zero-order valence-corrected chi connectivity index (χ0v) is 10.6. The molecule has 0 atom stereocenters. The average Bonchev–Trinajstić information content (AvgIpc) is 2.67. The number of benzene rings is 1. The monoisotopic (exact) mass is 295 g/mol. The van der Waals surface area contributed by atoms with Crippen LogP contribution in [-0.2, 0) is 0 Å². The lowest BCUT2D eigenvalue weighted by Gasteiger charge is -2.04. The van der Waals surface area contributed by atoms with Crippen LogP contribution in [0.4, 0.5) is 16.3 Å². The van der Waals surface area contributed by atoms with Crippen LogP contribution in [0, 0.1) is 6.92 Å². The van der Waals surface area contributed by atoms with Crippen LogP contribution >= 0.6 is 15.9 Å². The Morgan fingerprint density at radius 3 is 2.59 bits per heavy atom. The molecule has 1 heterocycles. The third-order valence-electron chi connectivity index (χ3n) is 1.97. The molecule has 0 unspecified atom stereocenters. The van der Waals surface area contributed by atoms with Gasteiger partial charge in [-0.1, -0.05) is 21.1 Å². The molecule has 1 aromatic heterocycles. The molecule has 1 aromatic carbocycles. The molecule has 0 saturated carbocycles. The van der Waals surface area contributed by atoms with Crippen molar-refractivity contribution in [1.82, 2.24) is 5.16 Å². The number of anilines is 2. The fraction of sp³-hybridized carbons (Fsp3) is 0.0909. The Hall–Kier alpha value is -1.82. The standard InChI is InChI=1S/C11H10BrN3O2/c1-7-6-10(15-17-7)14-11(16)13-9-4-2-8(12)3-5-9/h2-6H,1H3,(H2,13,14,15,16). The average molecular weight is 296 g/mol. The zero-order chi connectivity index (χ0) is 12.3. The first-order valence-electron chi connectivity index (χ1n) is 4.90. The lowest BCUT2D eigenvalue weighted by molar-refractivity contribution is 0.262. The topological polar surface area (TPSA) is 67.2 Å². The van der Waals surface area contributed by atoms with Gasteiger partial charge in [-0.15, -0.1) is 0 Å². The maximum atomic E-state index is 11.6. The van der Waals surface area contributed by atoms with Crippen LogP contribution < -0.4 is 10.6 Å². The second-order valence-electron chi connectivity index (χ2n) is 3.41. The normalized spacial score (nSPS) is 10.0. The summed E-state index contributed by atoms with van der Waals surface area (Å²) >= 11 is 3.32. The van der Waals surface area contributed by atoms with Crippen molar-refractivity contribution in [3.63, 3.8) is 0 Å². The maximum Gasteiger partial charge on any atom is 0.324 e. The van der Waals surface area contributed by atoms with Crippen molar-refractivity contribution >= 4 is 33.5 Å². The molecule has 0 aliphatic carbocycles. The van der Waals surface area contributed by atoms with Crippen LogP contribution in [-0.4, -0.2) is 11.2 Å². The fourth-order valence-corrected chi connectivity index (χ4v) is 1.50. The number of halogens is 1. The summed E-state index contributed by atoms with van der Waals surface area (Å²) < 4.78 is 5.79. The molecule has 0 aliphatic rings. The molecular weight excluding hydrogens is 286 g/mol. The number of carbonyl (C=O) groups excluding carboxylic acids is 1. The third kappa shape index (κ3) is 3.32. The van der Waals surface area contributed by atoms with Crippen LogP contribution in [0.3, 0.4) is 0 Å². The Morgan fingerprint density at radius 2 is 2.00 bits per heavy atom. The number of hydrogen-bond acceptors (Lipinski definition) is 3.